The van der Waals surface area contributed by atoms with Crippen LogP contribution in [0.1, 0.15) is 19.9 Å². The maximum Gasteiger partial charge on any atom is 0.308 e. The van der Waals surface area contributed by atoms with Gasteiger partial charge in [0.2, 0.25) is 15.9 Å². The molecule has 11 heteroatoms. The van der Waals surface area contributed by atoms with Crippen LogP contribution in [0, 0.1) is 0 Å². The molecule has 0 unspecified atom stereocenters. The van der Waals surface area contributed by atoms with Crippen LogP contribution < -0.4 is 19.7 Å². The topological polar surface area (TPSA) is 107 Å². The third-order valence-corrected chi connectivity index (χ3v) is 7.56. The number of carbonyl (C=O) groups excluding carboxylic acids is 1. The molecular formula is C21H25N3O6S2. The van der Waals surface area contributed by atoms with Gasteiger partial charge in [-0.1, -0.05) is 11.3 Å². The van der Waals surface area contributed by atoms with Crippen LogP contribution in [-0.4, -0.2) is 51.0 Å². The first-order chi connectivity index (χ1) is 15.1. The lowest BCUT2D eigenvalue weighted by Crippen LogP contribution is -2.35. The Hall–Kier alpha value is -2.89. The van der Waals surface area contributed by atoms with Crippen LogP contribution in [0.15, 0.2) is 46.1 Å². The van der Waals surface area contributed by atoms with Crippen LogP contribution in [0.25, 0.3) is 10.2 Å². The number of sulfonamides is 1. The predicted octanol–water partition coefficient (Wildman–Crippen LogP) is 2.92. The average molecular weight is 480 g/mol. The van der Waals surface area contributed by atoms with Gasteiger partial charge in [0.25, 0.3) is 0 Å². The van der Waals surface area contributed by atoms with Gasteiger partial charge < -0.3 is 14.8 Å². The first-order valence-corrected chi connectivity index (χ1v) is 12.0. The summed E-state index contributed by atoms with van der Waals surface area (Å²) in [5.41, 5.74) is 1.28. The van der Waals surface area contributed by atoms with Crippen LogP contribution in [0.5, 0.6) is 11.5 Å². The Kier molecular flexibility index (Phi) is 6.91. The van der Waals surface area contributed by atoms with Crippen molar-refractivity contribution < 1.29 is 22.7 Å². The molecular weight excluding hydrogens is 454 g/mol. The van der Waals surface area contributed by atoms with Gasteiger partial charge in [0.1, 0.15) is 0 Å². The van der Waals surface area contributed by atoms with Gasteiger partial charge in [-0.3, -0.25) is 14.2 Å². The zero-order chi connectivity index (χ0) is 23.6. The zero-order valence-corrected chi connectivity index (χ0v) is 20.0. The van der Waals surface area contributed by atoms with Crippen molar-refractivity contribution in [3.63, 3.8) is 0 Å². The minimum absolute atomic E-state index is 0.0205. The summed E-state index contributed by atoms with van der Waals surface area (Å²) < 4.78 is 39.4. The maximum atomic E-state index is 12.9. The number of rotatable bonds is 8. The number of ether oxygens (including phenoxy) is 2. The Morgan fingerprint density at radius 2 is 1.81 bits per heavy atom. The number of anilines is 1. The Balaban J connectivity index is 1.76. The van der Waals surface area contributed by atoms with E-state index in [-0.39, 0.29) is 21.6 Å². The molecule has 0 saturated heterocycles. The van der Waals surface area contributed by atoms with E-state index in [1.165, 1.54) is 39.5 Å². The number of likely N-dealkylation sites (N-methyl/N-ethyl adjacent to an activating group) is 1. The van der Waals surface area contributed by atoms with Crippen molar-refractivity contribution in [1.82, 2.24) is 8.87 Å². The molecule has 0 radical (unpaired) electrons. The van der Waals surface area contributed by atoms with Crippen molar-refractivity contribution in [2.24, 2.45) is 0 Å². The number of nitrogens with one attached hydrogen (secondary N) is 1. The Bertz CT molecular complexity index is 1310. The number of methoxy groups -OCH3 is 2. The Morgan fingerprint density at radius 3 is 2.44 bits per heavy atom. The maximum absolute atomic E-state index is 12.9. The molecule has 9 nitrogen and oxygen atoms in total. The molecule has 1 amide bonds. The monoisotopic (exact) mass is 479 g/mol. The van der Waals surface area contributed by atoms with E-state index in [2.05, 4.69) is 5.32 Å². The number of amides is 1. The summed E-state index contributed by atoms with van der Waals surface area (Å²) in [6.45, 7) is 3.47. The fourth-order valence-electron chi connectivity index (χ4n) is 3.25. The molecule has 1 aromatic heterocycles. The summed E-state index contributed by atoms with van der Waals surface area (Å²) in [7, 11) is 0.252. The van der Waals surface area contributed by atoms with E-state index in [9.17, 15) is 18.0 Å². The highest BCUT2D eigenvalue weighted by atomic mass is 32.2. The number of nitrogens with zero attached hydrogens (tertiary/aromatic N) is 2. The normalized spacial score (nSPS) is 11.8. The van der Waals surface area contributed by atoms with Gasteiger partial charge in [-0.15, -0.1) is 0 Å². The van der Waals surface area contributed by atoms with Crippen LogP contribution >= 0.6 is 11.3 Å². The minimum Gasteiger partial charge on any atom is -0.493 e. The second-order valence-electron chi connectivity index (χ2n) is 7.34. The summed E-state index contributed by atoms with van der Waals surface area (Å²) >= 11 is 1.10. The molecule has 1 N–H and O–H groups in total. The van der Waals surface area contributed by atoms with Crippen molar-refractivity contribution in [3.8, 4) is 11.5 Å². The van der Waals surface area contributed by atoms with E-state index in [0.717, 1.165) is 25.9 Å². The third kappa shape index (κ3) is 4.64. The van der Waals surface area contributed by atoms with Gasteiger partial charge in [0, 0.05) is 24.8 Å². The number of aromatic nitrogens is 1. The SMILES string of the molecule is COc1ccc(S(=O)(=O)N(C)CC(=O)Nc2ccc3c(c2)sc(=O)n3C(C)C)cc1OC. The summed E-state index contributed by atoms with van der Waals surface area (Å²) in [6, 6.07) is 9.41. The van der Waals surface area contributed by atoms with Gasteiger partial charge in [-0.25, -0.2) is 8.42 Å². The fraction of sp³-hybridized carbons (Fsp3) is 0.333. The van der Waals surface area contributed by atoms with Gasteiger partial charge in [-0.05, 0) is 44.2 Å². The molecule has 0 aliphatic rings. The van der Waals surface area contributed by atoms with E-state index in [1.54, 1.807) is 22.8 Å². The molecule has 0 spiro atoms. The first-order valence-electron chi connectivity index (χ1n) is 9.71. The lowest BCUT2D eigenvalue weighted by molar-refractivity contribution is -0.116. The van der Waals surface area contributed by atoms with Crippen molar-refractivity contribution >= 4 is 43.2 Å². The smallest absolute Gasteiger partial charge is 0.308 e. The van der Waals surface area contributed by atoms with Gasteiger partial charge in [0.05, 0.1) is 35.9 Å². The van der Waals surface area contributed by atoms with Crippen molar-refractivity contribution in [1.29, 1.82) is 0 Å². The summed E-state index contributed by atoms with van der Waals surface area (Å²) in [5.74, 6) is 0.162. The highest BCUT2D eigenvalue weighted by Crippen LogP contribution is 2.30. The molecule has 0 aliphatic carbocycles. The molecule has 0 saturated carbocycles. The summed E-state index contributed by atoms with van der Waals surface area (Å²) in [5, 5.41) is 2.69. The van der Waals surface area contributed by atoms with E-state index in [0.29, 0.717) is 11.4 Å². The number of thiazole rings is 1. The predicted molar refractivity (Wildman–Crippen MR) is 124 cm³/mol. The molecule has 2 aromatic carbocycles. The Labute approximate surface area is 190 Å². The van der Waals surface area contributed by atoms with E-state index < -0.39 is 22.5 Å². The lowest BCUT2D eigenvalue weighted by atomic mass is 10.2. The molecule has 172 valence electrons. The van der Waals surface area contributed by atoms with Gasteiger partial charge in [0.15, 0.2) is 11.5 Å². The third-order valence-electron chi connectivity index (χ3n) is 4.84. The highest BCUT2D eigenvalue weighted by Gasteiger charge is 2.24. The molecule has 0 bridgehead atoms. The van der Waals surface area contributed by atoms with Crippen LogP contribution in [0.2, 0.25) is 0 Å². The average Bonchev–Trinajstić information content (AvgIpc) is 3.07. The van der Waals surface area contributed by atoms with Gasteiger partial charge >= 0.3 is 4.87 Å². The van der Waals surface area contributed by atoms with Crippen molar-refractivity contribution in [2.45, 2.75) is 24.8 Å². The van der Waals surface area contributed by atoms with Crippen molar-refractivity contribution in [2.75, 3.05) is 33.1 Å². The number of fused-ring (bicyclic) bond motifs is 1. The van der Waals surface area contributed by atoms with Crippen molar-refractivity contribution in [3.05, 3.63) is 46.1 Å². The van der Waals surface area contributed by atoms with E-state index >= 15 is 0 Å². The lowest BCUT2D eigenvalue weighted by Gasteiger charge is -2.18. The molecule has 0 atom stereocenters. The van der Waals surface area contributed by atoms with E-state index in [4.69, 9.17) is 9.47 Å². The summed E-state index contributed by atoms with van der Waals surface area (Å²) in [4.78, 5) is 24.6. The number of benzene rings is 2. The second-order valence-corrected chi connectivity index (χ2v) is 10.4. The Morgan fingerprint density at radius 1 is 1.12 bits per heavy atom. The van der Waals surface area contributed by atoms with E-state index in [1.807, 2.05) is 13.8 Å². The summed E-state index contributed by atoms with van der Waals surface area (Å²) in [6.07, 6.45) is 0. The molecule has 0 fully saturated rings. The molecule has 0 aliphatic heterocycles. The molecule has 3 rings (SSSR count). The van der Waals surface area contributed by atoms with Gasteiger partial charge in [-0.2, -0.15) is 4.31 Å². The first kappa shape index (κ1) is 23.8. The number of hydrogen-bond acceptors (Lipinski definition) is 7. The fourth-order valence-corrected chi connectivity index (χ4v) is 5.44. The number of hydrogen-bond donors (Lipinski definition) is 1. The minimum atomic E-state index is -3.94. The highest BCUT2D eigenvalue weighted by molar-refractivity contribution is 7.89. The second kappa shape index (κ2) is 9.31. The zero-order valence-electron chi connectivity index (χ0n) is 18.4. The van der Waals surface area contributed by atoms with Crippen LogP contribution in [-0.2, 0) is 14.8 Å². The molecule has 1 heterocycles. The van der Waals surface area contributed by atoms with Crippen LogP contribution in [0.4, 0.5) is 5.69 Å². The largest absolute Gasteiger partial charge is 0.493 e. The van der Waals surface area contributed by atoms with Crippen LogP contribution in [0.3, 0.4) is 0 Å². The number of carbonyl (C=O) groups is 1. The quantitative estimate of drug-likeness (QED) is 0.532. The molecule has 3 aromatic rings. The molecule has 32 heavy (non-hydrogen) atoms. The standard InChI is InChI=1S/C21H25N3O6S2/c1-13(2)24-16-8-6-14(10-19(16)31-21(24)26)22-20(25)12-23(3)32(27,28)15-7-9-17(29-4)18(11-15)30-5/h6-11,13H,12H2,1-5H3,(H,22,25).